The average Bonchev–Trinajstić information content (AvgIpc) is 2.62. The quantitative estimate of drug-likeness (QED) is 0.634. The Bertz CT molecular complexity index is 783. The van der Waals surface area contributed by atoms with Gasteiger partial charge in [0, 0.05) is 49.9 Å². The van der Waals surface area contributed by atoms with E-state index in [1.54, 1.807) is 12.1 Å². The Morgan fingerprint density at radius 1 is 1.08 bits per heavy atom. The third-order valence-corrected chi connectivity index (χ3v) is 4.51. The van der Waals surface area contributed by atoms with Gasteiger partial charge in [-0.1, -0.05) is 35.9 Å². The molecule has 0 aliphatic carbocycles. The standard InChI is InChI=1S/C19H21N3O3/c1-15-5-4-7-16(13-15)19(23)21-11-9-20(10-12-21)14-17-6-2-3-8-18(17)22(24)25/h2-8,13H,9-12,14H2,1H3. The Balaban J connectivity index is 1.61. The fourth-order valence-electron chi connectivity index (χ4n) is 3.13. The molecule has 6 nitrogen and oxygen atoms in total. The number of nitro groups is 1. The first-order valence-corrected chi connectivity index (χ1v) is 8.35. The molecule has 0 saturated carbocycles. The molecule has 2 aromatic rings. The van der Waals surface area contributed by atoms with Gasteiger partial charge in [-0.2, -0.15) is 0 Å². The predicted octanol–water partition coefficient (Wildman–Crippen LogP) is 2.86. The van der Waals surface area contributed by atoms with Crippen molar-refractivity contribution in [1.29, 1.82) is 0 Å². The number of hydrogen-bond acceptors (Lipinski definition) is 4. The molecule has 0 bridgehead atoms. The number of rotatable bonds is 4. The summed E-state index contributed by atoms with van der Waals surface area (Å²) in [5.74, 6) is 0.0500. The number of para-hydroxylation sites is 1. The summed E-state index contributed by atoms with van der Waals surface area (Å²) in [5.41, 5.74) is 2.65. The van der Waals surface area contributed by atoms with Crippen LogP contribution in [0.5, 0.6) is 0 Å². The number of aryl methyl sites for hydroxylation is 1. The molecule has 0 spiro atoms. The summed E-state index contributed by atoms with van der Waals surface area (Å²) in [4.78, 5) is 27.4. The van der Waals surface area contributed by atoms with Crippen molar-refractivity contribution < 1.29 is 9.72 Å². The van der Waals surface area contributed by atoms with Gasteiger partial charge in [0.1, 0.15) is 0 Å². The number of nitro benzene ring substituents is 1. The van der Waals surface area contributed by atoms with Crippen LogP contribution in [0.1, 0.15) is 21.5 Å². The minimum Gasteiger partial charge on any atom is -0.336 e. The van der Waals surface area contributed by atoms with E-state index in [1.807, 2.05) is 42.2 Å². The fraction of sp³-hybridized carbons (Fsp3) is 0.316. The lowest BCUT2D eigenvalue weighted by Gasteiger charge is -2.34. The SMILES string of the molecule is Cc1cccc(C(=O)N2CCN(Cc3ccccc3[N+](=O)[O-])CC2)c1. The highest BCUT2D eigenvalue weighted by atomic mass is 16.6. The van der Waals surface area contributed by atoms with E-state index >= 15 is 0 Å². The van der Waals surface area contributed by atoms with E-state index in [1.165, 1.54) is 6.07 Å². The Morgan fingerprint density at radius 2 is 1.80 bits per heavy atom. The van der Waals surface area contributed by atoms with Gasteiger partial charge < -0.3 is 4.90 Å². The molecule has 6 heteroatoms. The van der Waals surface area contributed by atoms with Gasteiger partial charge in [0.15, 0.2) is 0 Å². The molecule has 0 N–H and O–H groups in total. The van der Waals surface area contributed by atoms with Crippen molar-refractivity contribution in [3.8, 4) is 0 Å². The van der Waals surface area contributed by atoms with Crippen LogP contribution < -0.4 is 0 Å². The van der Waals surface area contributed by atoms with Crippen molar-refractivity contribution in [2.75, 3.05) is 26.2 Å². The highest BCUT2D eigenvalue weighted by Crippen LogP contribution is 2.20. The molecule has 0 unspecified atom stereocenters. The minimum atomic E-state index is -0.340. The Morgan fingerprint density at radius 3 is 2.48 bits per heavy atom. The first-order valence-electron chi connectivity index (χ1n) is 8.35. The normalized spacial score (nSPS) is 15.2. The van der Waals surface area contributed by atoms with Gasteiger partial charge in [-0.25, -0.2) is 0 Å². The number of hydrogen-bond donors (Lipinski definition) is 0. The number of piperazine rings is 1. The summed E-state index contributed by atoms with van der Waals surface area (Å²) in [7, 11) is 0. The Hall–Kier alpha value is -2.73. The van der Waals surface area contributed by atoms with Gasteiger partial charge in [-0.05, 0) is 19.1 Å². The van der Waals surface area contributed by atoms with Gasteiger partial charge >= 0.3 is 0 Å². The third kappa shape index (κ3) is 4.03. The van der Waals surface area contributed by atoms with Crippen molar-refractivity contribution >= 4 is 11.6 Å². The number of benzene rings is 2. The van der Waals surface area contributed by atoms with Crippen LogP contribution in [0.2, 0.25) is 0 Å². The van der Waals surface area contributed by atoms with Gasteiger partial charge in [0.25, 0.3) is 11.6 Å². The van der Waals surface area contributed by atoms with E-state index in [0.29, 0.717) is 43.9 Å². The van der Waals surface area contributed by atoms with Crippen LogP contribution in [0.15, 0.2) is 48.5 Å². The molecule has 3 rings (SSSR count). The predicted molar refractivity (Wildman–Crippen MR) is 95.5 cm³/mol. The van der Waals surface area contributed by atoms with Crippen LogP contribution >= 0.6 is 0 Å². The van der Waals surface area contributed by atoms with E-state index in [4.69, 9.17) is 0 Å². The molecule has 25 heavy (non-hydrogen) atoms. The molecule has 1 saturated heterocycles. The summed E-state index contributed by atoms with van der Waals surface area (Å²) >= 11 is 0. The zero-order valence-corrected chi connectivity index (χ0v) is 14.2. The first kappa shape index (κ1) is 17.1. The van der Waals surface area contributed by atoms with Crippen LogP contribution in [0.4, 0.5) is 5.69 Å². The van der Waals surface area contributed by atoms with Crippen LogP contribution in [0, 0.1) is 17.0 Å². The largest absolute Gasteiger partial charge is 0.336 e. The molecule has 0 atom stereocenters. The van der Waals surface area contributed by atoms with E-state index < -0.39 is 0 Å². The maximum atomic E-state index is 12.6. The molecule has 1 aliphatic heterocycles. The lowest BCUT2D eigenvalue weighted by molar-refractivity contribution is -0.385. The summed E-state index contributed by atoms with van der Waals surface area (Å²) in [5, 5.41) is 11.1. The highest BCUT2D eigenvalue weighted by Gasteiger charge is 2.23. The van der Waals surface area contributed by atoms with Gasteiger partial charge in [0.2, 0.25) is 0 Å². The molecule has 130 valence electrons. The molecule has 1 amide bonds. The van der Waals surface area contributed by atoms with Gasteiger partial charge in [-0.15, -0.1) is 0 Å². The number of carbonyl (C=O) groups is 1. The van der Waals surface area contributed by atoms with E-state index in [0.717, 1.165) is 5.56 Å². The van der Waals surface area contributed by atoms with Gasteiger partial charge in [-0.3, -0.25) is 19.8 Å². The zero-order chi connectivity index (χ0) is 17.8. The highest BCUT2D eigenvalue weighted by molar-refractivity contribution is 5.94. The lowest BCUT2D eigenvalue weighted by atomic mass is 10.1. The smallest absolute Gasteiger partial charge is 0.273 e. The second kappa shape index (κ2) is 7.44. The number of carbonyl (C=O) groups excluding carboxylic acids is 1. The van der Waals surface area contributed by atoms with E-state index in [9.17, 15) is 14.9 Å². The van der Waals surface area contributed by atoms with Crippen molar-refractivity contribution in [2.24, 2.45) is 0 Å². The van der Waals surface area contributed by atoms with Crippen LogP contribution in [-0.4, -0.2) is 46.8 Å². The molecular weight excluding hydrogens is 318 g/mol. The maximum Gasteiger partial charge on any atom is 0.273 e. The summed E-state index contributed by atoms with van der Waals surface area (Å²) < 4.78 is 0. The van der Waals surface area contributed by atoms with Crippen molar-refractivity contribution in [3.63, 3.8) is 0 Å². The fourth-order valence-corrected chi connectivity index (χ4v) is 3.13. The molecule has 0 aromatic heterocycles. The van der Waals surface area contributed by atoms with Crippen molar-refractivity contribution in [1.82, 2.24) is 9.80 Å². The van der Waals surface area contributed by atoms with E-state index in [2.05, 4.69) is 4.90 Å². The van der Waals surface area contributed by atoms with E-state index in [-0.39, 0.29) is 16.5 Å². The minimum absolute atomic E-state index is 0.0500. The second-order valence-corrected chi connectivity index (χ2v) is 6.32. The summed E-state index contributed by atoms with van der Waals surface area (Å²) in [6.07, 6.45) is 0. The monoisotopic (exact) mass is 339 g/mol. The molecule has 1 heterocycles. The number of amides is 1. The van der Waals surface area contributed by atoms with Crippen molar-refractivity contribution in [3.05, 3.63) is 75.3 Å². The van der Waals surface area contributed by atoms with Crippen molar-refractivity contribution in [2.45, 2.75) is 13.5 Å². The van der Waals surface area contributed by atoms with Crippen LogP contribution in [0.25, 0.3) is 0 Å². The first-order chi connectivity index (χ1) is 12.0. The lowest BCUT2D eigenvalue weighted by Crippen LogP contribution is -2.48. The molecule has 1 aliphatic rings. The summed E-state index contributed by atoms with van der Waals surface area (Å²) in [6, 6.07) is 14.4. The zero-order valence-electron chi connectivity index (χ0n) is 14.2. The topological polar surface area (TPSA) is 66.7 Å². The molecule has 1 fully saturated rings. The molecule has 0 radical (unpaired) electrons. The molecular formula is C19H21N3O3. The maximum absolute atomic E-state index is 12.6. The summed E-state index contributed by atoms with van der Waals surface area (Å²) in [6.45, 7) is 5.19. The second-order valence-electron chi connectivity index (χ2n) is 6.32. The van der Waals surface area contributed by atoms with Crippen LogP contribution in [0.3, 0.4) is 0 Å². The third-order valence-electron chi connectivity index (χ3n) is 4.51. The van der Waals surface area contributed by atoms with Gasteiger partial charge in [0.05, 0.1) is 4.92 Å². The average molecular weight is 339 g/mol. The Kier molecular flexibility index (Phi) is 5.09. The number of nitrogens with zero attached hydrogens (tertiary/aromatic N) is 3. The van der Waals surface area contributed by atoms with Crippen LogP contribution in [-0.2, 0) is 6.54 Å². The molecule has 2 aromatic carbocycles. The Labute approximate surface area is 146 Å².